The van der Waals surface area contributed by atoms with Gasteiger partial charge in [-0.1, -0.05) is 224 Å². The molecule has 0 unspecified atom stereocenters. The van der Waals surface area contributed by atoms with Crippen molar-refractivity contribution >= 4 is 72.4 Å². The van der Waals surface area contributed by atoms with Crippen LogP contribution >= 0.6 is 0 Å². The highest BCUT2D eigenvalue weighted by Gasteiger charge is 2.44. The molecule has 0 N–H and O–H groups in total. The van der Waals surface area contributed by atoms with E-state index in [9.17, 15) is 0 Å². The zero-order chi connectivity index (χ0) is 41.7. The lowest BCUT2D eigenvalue weighted by molar-refractivity contribution is 1.13. The third-order valence-electron chi connectivity index (χ3n) is 13.1. The zero-order valence-electron chi connectivity index (χ0n) is 34.6. The van der Waals surface area contributed by atoms with E-state index in [0.29, 0.717) is 0 Å². The summed E-state index contributed by atoms with van der Waals surface area (Å²) in [6.07, 6.45) is 0. The molecule has 0 aliphatic rings. The quantitative estimate of drug-likeness (QED) is 0.107. The zero-order valence-corrected chi connectivity index (χ0v) is 35.6. The lowest BCUT2D eigenvalue weighted by Crippen LogP contribution is -2.75. The Hall–Kier alpha value is -7.98. The normalized spacial score (nSPS) is 11.8. The molecular weight excluding hydrogens is 777 g/mol. The smallest absolute Gasteiger partial charge is 0.181 e. The van der Waals surface area contributed by atoms with Gasteiger partial charge in [-0.2, -0.15) is 0 Å². The van der Waals surface area contributed by atoms with E-state index < -0.39 is 8.07 Å². The number of fused-ring (bicyclic) bond motifs is 6. The number of benzene rings is 10. The summed E-state index contributed by atoms with van der Waals surface area (Å²) >= 11 is 0. The Morgan fingerprint density at radius 3 is 1.40 bits per heavy atom. The van der Waals surface area contributed by atoms with Crippen LogP contribution in [0.1, 0.15) is 0 Å². The first-order valence-corrected chi connectivity index (χ1v) is 23.8. The van der Waals surface area contributed by atoms with Crippen molar-refractivity contribution < 1.29 is 0 Å². The molecule has 0 radical (unpaired) electrons. The number of hydrogen-bond donors (Lipinski definition) is 0. The fourth-order valence-corrected chi connectivity index (χ4v) is 15.4. The molecular formula is C60H42N2Si. The fraction of sp³-hybridized carbons (Fsp3) is 0. The van der Waals surface area contributed by atoms with Crippen molar-refractivity contribution in [3.8, 4) is 33.6 Å². The van der Waals surface area contributed by atoms with E-state index in [1.807, 2.05) is 0 Å². The van der Waals surface area contributed by atoms with Crippen molar-refractivity contribution in [3.05, 3.63) is 255 Å². The Morgan fingerprint density at radius 2 is 0.778 bits per heavy atom. The highest BCUT2D eigenvalue weighted by Crippen LogP contribution is 2.42. The predicted octanol–water partition coefficient (Wildman–Crippen LogP) is 12.6. The maximum absolute atomic E-state index is 3.06. The van der Waals surface area contributed by atoms with Gasteiger partial charge in [-0.05, 0) is 73.3 Å². The van der Waals surface area contributed by atoms with E-state index in [1.165, 1.54) is 86.6 Å². The summed E-state index contributed by atoms with van der Waals surface area (Å²) in [5.41, 5.74) is 11.9. The van der Waals surface area contributed by atoms with Gasteiger partial charge in [-0.25, -0.2) is 0 Å². The highest BCUT2D eigenvalue weighted by atomic mass is 28.3. The first-order valence-electron chi connectivity index (χ1n) is 21.8. The van der Waals surface area contributed by atoms with E-state index in [1.54, 1.807) is 0 Å². The lowest BCUT2D eigenvalue weighted by Gasteiger charge is -2.35. The Labute approximate surface area is 368 Å². The van der Waals surface area contributed by atoms with Crippen LogP contribution in [0.5, 0.6) is 0 Å². The minimum atomic E-state index is -3.06. The third kappa shape index (κ3) is 5.78. The molecule has 0 spiro atoms. The maximum atomic E-state index is 2.63. The molecule has 0 bridgehead atoms. The minimum Gasteiger partial charge on any atom is -0.307 e. The Kier molecular flexibility index (Phi) is 8.87. The van der Waals surface area contributed by atoms with Crippen molar-refractivity contribution in [2.75, 3.05) is 0 Å². The Morgan fingerprint density at radius 1 is 0.302 bits per heavy atom. The molecule has 12 rings (SSSR count). The van der Waals surface area contributed by atoms with Crippen LogP contribution in [-0.4, -0.2) is 17.2 Å². The number of rotatable bonds is 8. The van der Waals surface area contributed by atoms with Crippen LogP contribution in [-0.2, 0) is 0 Å². The summed E-state index contributed by atoms with van der Waals surface area (Å²) in [5.74, 6) is 0. The summed E-state index contributed by atoms with van der Waals surface area (Å²) < 4.78 is 5.13. The van der Waals surface area contributed by atoms with Crippen LogP contribution in [0.2, 0.25) is 0 Å². The minimum absolute atomic E-state index is 1.13. The van der Waals surface area contributed by atoms with Crippen molar-refractivity contribution in [3.63, 3.8) is 0 Å². The number of nitrogens with zero attached hydrogens (tertiary/aromatic N) is 2. The lowest BCUT2D eigenvalue weighted by atomic mass is 9.99. The predicted molar refractivity (Wildman–Crippen MR) is 270 cm³/mol. The van der Waals surface area contributed by atoms with Gasteiger partial charge in [-0.3, -0.25) is 0 Å². The molecule has 3 heteroatoms. The molecule has 12 aromatic rings. The van der Waals surface area contributed by atoms with Gasteiger partial charge in [0.15, 0.2) is 8.07 Å². The topological polar surface area (TPSA) is 9.86 Å². The molecule has 63 heavy (non-hydrogen) atoms. The van der Waals surface area contributed by atoms with Gasteiger partial charge in [0.1, 0.15) is 0 Å². The summed E-state index contributed by atoms with van der Waals surface area (Å²) in [4.78, 5) is 0. The first-order chi connectivity index (χ1) is 31.3. The van der Waals surface area contributed by atoms with Gasteiger partial charge < -0.3 is 9.13 Å². The Balaban J connectivity index is 1.30. The van der Waals surface area contributed by atoms with Crippen LogP contribution in [0.4, 0.5) is 0 Å². The van der Waals surface area contributed by atoms with E-state index >= 15 is 0 Å². The molecule has 2 heterocycles. The number of para-hydroxylation sites is 3. The van der Waals surface area contributed by atoms with Crippen LogP contribution in [0, 0.1) is 0 Å². The average Bonchev–Trinajstić information content (AvgIpc) is 3.90. The van der Waals surface area contributed by atoms with Gasteiger partial charge in [0.05, 0.1) is 27.8 Å². The van der Waals surface area contributed by atoms with Gasteiger partial charge in [0.25, 0.3) is 0 Å². The summed E-state index contributed by atoms with van der Waals surface area (Å²) in [7, 11) is -3.06. The highest BCUT2D eigenvalue weighted by molar-refractivity contribution is 7.20. The summed E-state index contributed by atoms with van der Waals surface area (Å²) in [6, 6.07) is 94.4. The second kappa shape index (κ2) is 15.2. The molecule has 2 aromatic heterocycles. The van der Waals surface area contributed by atoms with Crippen LogP contribution in [0.25, 0.3) is 77.2 Å². The maximum Gasteiger partial charge on any atom is 0.181 e. The van der Waals surface area contributed by atoms with Crippen molar-refractivity contribution in [1.82, 2.24) is 9.13 Å². The van der Waals surface area contributed by atoms with Gasteiger partial charge in [-0.15, -0.1) is 0 Å². The Bertz CT molecular complexity index is 3500. The molecule has 0 atom stereocenters. The van der Waals surface area contributed by atoms with E-state index in [-0.39, 0.29) is 0 Å². The van der Waals surface area contributed by atoms with Gasteiger partial charge in [0, 0.05) is 27.2 Å². The first kappa shape index (κ1) is 36.8. The SMILES string of the molecule is c1ccc(-c2cccc(-n3c4ccccc4c4cccc(-n5c6ccccc6c6c(-c7ccccc7)ccc([Si](c7ccccc7)(c7ccccc7)c7ccccc7)c65)c43)c2)cc1. The number of aromatic nitrogens is 2. The third-order valence-corrected chi connectivity index (χ3v) is 17.9. The summed E-state index contributed by atoms with van der Waals surface area (Å²) in [6.45, 7) is 0. The van der Waals surface area contributed by atoms with Crippen LogP contribution < -0.4 is 20.7 Å². The molecule has 10 aromatic carbocycles. The molecule has 0 aliphatic heterocycles. The second-order valence-corrected chi connectivity index (χ2v) is 20.2. The van der Waals surface area contributed by atoms with Crippen molar-refractivity contribution in [2.24, 2.45) is 0 Å². The number of hydrogen-bond acceptors (Lipinski definition) is 0. The van der Waals surface area contributed by atoms with E-state index in [4.69, 9.17) is 0 Å². The second-order valence-electron chi connectivity index (χ2n) is 16.4. The van der Waals surface area contributed by atoms with Crippen molar-refractivity contribution in [2.45, 2.75) is 0 Å². The van der Waals surface area contributed by atoms with Crippen molar-refractivity contribution in [1.29, 1.82) is 0 Å². The molecule has 0 saturated heterocycles. The molecule has 2 nitrogen and oxygen atoms in total. The molecule has 296 valence electrons. The average molecular weight is 819 g/mol. The molecule has 0 aliphatic carbocycles. The molecule has 0 amide bonds. The van der Waals surface area contributed by atoms with E-state index in [2.05, 4.69) is 264 Å². The summed E-state index contributed by atoms with van der Waals surface area (Å²) in [5, 5.41) is 10.3. The van der Waals surface area contributed by atoms with Crippen LogP contribution in [0.3, 0.4) is 0 Å². The van der Waals surface area contributed by atoms with Gasteiger partial charge in [0.2, 0.25) is 0 Å². The standard InChI is InChI=1S/C60H42N2Si/c1-6-22-43(23-7-1)45-26-20-27-46(42-45)61-54-37-18-16-34-51(54)52-36-21-39-56(59(52)61)62-55-38-19-17-35-53(55)58-50(44-24-8-2-9-25-44)40-41-57(60(58)62)63(47-28-10-3-11-29-47,48-30-12-4-13-31-48)49-32-14-5-15-33-49/h1-42H. The fourth-order valence-electron chi connectivity index (χ4n) is 10.4. The van der Waals surface area contributed by atoms with E-state index in [0.717, 1.165) is 11.4 Å². The largest absolute Gasteiger partial charge is 0.307 e. The molecule has 0 saturated carbocycles. The van der Waals surface area contributed by atoms with Crippen LogP contribution in [0.15, 0.2) is 255 Å². The monoisotopic (exact) mass is 818 g/mol. The van der Waals surface area contributed by atoms with Gasteiger partial charge >= 0.3 is 0 Å². The molecule has 0 fully saturated rings.